The third kappa shape index (κ3) is 6.20. The Balaban J connectivity index is 0.000000455. The topological polar surface area (TPSA) is 44.4 Å². The molecule has 4 nitrogen and oxygen atoms in total. The lowest BCUT2D eigenvalue weighted by Crippen LogP contribution is -2.43. The maximum absolute atomic E-state index is 15.4. The number of likely N-dealkylation sites (tertiary alicyclic amines) is 1. The van der Waals surface area contributed by atoms with Gasteiger partial charge in [-0.05, 0) is 74.4 Å². The van der Waals surface area contributed by atoms with Crippen molar-refractivity contribution < 1.29 is 26.7 Å². The van der Waals surface area contributed by atoms with Gasteiger partial charge < -0.3 is 10.2 Å². The molecule has 3 aliphatic rings. The van der Waals surface area contributed by atoms with Gasteiger partial charge in [0.05, 0.1) is 0 Å². The summed E-state index contributed by atoms with van der Waals surface area (Å²) in [6.45, 7) is 0.549. The number of hydrogen-bond donors (Lipinski definition) is 2. The minimum atomic E-state index is -1.16. The Hall–Kier alpha value is -2.17. The number of halogens is 5. The van der Waals surface area contributed by atoms with E-state index in [1.54, 1.807) is 18.2 Å². The SMILES string of the molecule is CN1CC2(CC2)C(NSC2(F)CC2)C1Cc1cccc(-c2cc(F)cc(F)c2)c1F.O=CNCCF. The Morgan fingerprint density at radius 1 is 1.11 bits per heavy atom. The molecule has 10 heteroatoms. The molecular formula is C26H30F5N3OS. The predicted octanol–water partition coefficient (Wildman–Crippen LogP) is 5.18. The average molecular weight is 528 g/mol. The monoisotopic (exact) mass is 527 g/mol. The van der Waals surface area contributed by atoms with Crippen molar-refractivity contribution in [2.75, 3.05) is 26.8 Å². The number of rotatable bonds is 9. The van der Waals surface area contributed by atoms with Crippen LogP contribution in [0.25, 0.3) is 11.1 Å². The summed E-state index contributed by atoms with van der Waals surface area (Å²) in [5.74, 6) is -1.92. The van der Waals surface area contributed by atoms with Crippen LogP contribution < -0.4 is 10.0 Å². The highest BCUT2D eigenvalue weighted by molar-refractivity contribution is 7.98. The van der Waals surface area contributed by atoms with Crippen LogP contribution in [0.15, 0.2) is 36.4 Å². The number of hydrogen-bond acceptors (Lipinski definition) is 4. The molecule has 0 aromatic heterocycles. The minimum Gasteiger partial charge on any atom is -0.356 e. The Morgan fingerprint density at radius 2 is 1.81 bits per heavy atom. The zero-order chi connectivity index (χ0) is 25.9. The number of alkyl halides is 2. The second-order valence-electron chi connectivity index (χ2n) is 9.83. The normalized spacial score (nSPS) is 23.2. The van der Waals surface area contributed by atoms with E-state index in [4.69, 9.17) is 0 Å². The molecule has 1 saturated heterocycles. The van der Waals surface area contributed by atoms with E-state index in [0.29, 0.717) is 31.2 Å². The van der Waals surface area contributed by atoms with Crippen molar-refractivity contribution in [1.29, 1.82) is 0 Å². The number of nitrogens with one attached hydrogen (secondary N) is 2. The van der Waals surface area contributed by atoms with E-state index in [2.05, 4.69) is 14.9 Å². The Morgan fingerprint density at radius 3 is 2.36 bits per heavy atom. The van der Waals surface area contributed by atoms with Gasteiger partial charge in [0.1, 0.15) is 24.1 Å². The molecule has 1 spiro atoms. The molecule has 1 aliphatic heterocycles. The van der Waals surface area contributed by atoms with E-state index in [9.17, 15) is 22.4 Å². The first-order chi connectivity index (χ1) is 17.2. The summed E-state index contributed by atoms with van der Waals surface area (Å²) in [7, 11) is 2.03. The number of amides is 1. The van der Waals surface area contributed by atoms with Gasteiger partial charge in [-0.15, -0.1) is 0 Å². The average Bonchev–Trinajstić information content (AvgIpc) is 3.75. The second kappa shape index (κ2) is 11.1. The van der Waals surface area contributed by atoms with Gasteiger partial charge in [0, 0.05) is 42.2 Å². The largest absolute Gasteiger partial charge is 0.356 e. The van der Waals surface area contributed by atoms with Gasteiger partial charge in [-0.2, -0.15) is 0 Å². The zero-order valence-corrected chi connectivity index (χ0v) is 20.8. The molecule has 1 amide bonds. The highest BCUT2D eigenvalue weighted by Crippen LogP contribution is 2.57. The van der Waals surface area contributed by atoms with Gasteiger partial charge in [0.15, 0.2) is 5.00 Å². The van der Waals surface area contributed by atoms with E-state index in [1.807, 2.05) is 7.05 Å². The highest BCUT2D eigenvalue weighted by atomic mass is 32.2. The third-order valence-corrected chi connectivity index (χ3v) is 8.23. The predicted molar refractivity (Wildman–Crippen MR) is 131 cm³/mol. The van der Waals surface area contributed by atoms with Crippen molar-refractivity contribution in [3.63, 3.8) is 0 Å². The number of likely N-dealkylation sites (N-methyl/N-ethyl adjacent to an activating group) is 1. The maximum atomic E-state index is 15.4. The zero-order valence-electron chi connectivity index (χ0n) is 20.0. The van der Waals surface area contributed by atoms with Gasteiger partial charge in [0.2, 0.25) is 6.41 Å². The summed E-state index contributed by atoms with van der Waals surface area (Å²) in [5, 5.41) is 0.984. The summed E-state index contributed by atoms with van der Waals surface area (Å²) >= 11 is 1.19. The van der Waals surface area contributed by atoms with E-state index in [-0.39, 0.29) is 35.2 Å². The molecular weight excluding hydrogens is 497 g/mol. The van der Waals surface area contributed by atoms with E-state index in [1.165, 1.54) is 11.9 Å². The van der Waals surface area contributed by atoms with Crippen molar-refractivity contribution >= 4 is 18.4 Å². The molecule has 36 heavy (non-hydrogen) atoms. The fraction of sp³-hybridized carbons (Fsp3) is 0.500. The summed E-state index contributed by atoms with van der Waals surface area (Å²) in [6.07, 6.45) is 4.26. The quantitative estimate of drug-likeness (QED) is 0.204. The highest BCUT2D eigenvalue weighted by Gasteiger charge is 2.59. The van der Waals surface area contributed by atoms with Crippen molar-refractivity contribution in [2.24, 2.45) is 5.41 Å². The first-order valence-corrected chi connectivity index (χ1v) is 12.8. The van der Waals surface area contributed by atoms with Crippen LogP contribution in [0.1, 0.15) is 31.2 Å². The van der Waals surface area contributed by atoms with Crippen molar-refractivity contribution in [3.8, 4) is 11.1 Å². The molecule has 196 valence electrons. The molecule has 0 radical (unpaired) electrons. The third-order valence-electron chi connectivity index (χ3n) is 7.08. The molecule has 2 aromatic carbocycles. The van der Waals surface area contributed by atoms with Crippen LogP contribution >= 0.6 is 11.9 Å². The fourth-order valence-corrected chi connectivity index (χ4v) is 5.91. The maximum Gasteiger partial charge on any atom is 0.207 e. The lowest BCUT2D eigenvalue weighted by Gasteiger charge is -2.28. The molecule has 3 fully saturated rings. The van der Waals surface area contributed by atoms with Gasteiger partial charge in [-0.1, -0.05) is 18.2 Å². The van der Waals surface area contributed by atoms with E-state index in [0.717, 1.165) is 37.6 Å². The molecule has 5 rings (SSSR count). The Labute approximate surface area is 212 Å². The minimum absolute atomic E-state index is 0.0244. The van der Waals surface area contributed by atoms with E-state index < -0.39 is 29.1 Å². The Bertz CT molecular complexity index is 1060. The number of benzene rings is 2. The fourth-order valence-electron chi connectivity index (χ4n) is 4.86. The van der Waals surface area contributed by atoms with Crippen LogP contribution in [0.4, 0.5) is 22.0 Å². The van der Waals surface area contributed by atoms with Crippen LogP contribution in [0, 0.1) is 22.9 Å². The molecule has 2 unspecified atom stereocenters. The summed E-state index contributed by atoms with van der Waals surface area (Å²) in [5.41, 5.74) is 1.01. The Kier molecular flexibility index (Phi) is 8.26. The number of nitrogens with zero attached hydrogens (tertiary/aromatic N) is 1. The molecule has 2 N–H and O–H groups in total. The summed E-state index contributed by atoms with van der Waals surface area (Å²) < 4.78 is 71.2. The summed E-state index contributed by atoms with van der Waals surface area (Å²) in [6, 6.07) is 8.15. The summed E-state index contributed by atoms with van der Waals surface area (Å²) in [4.78, 5) is 11.5. The van der Waals surface area contributed by atoms with Gasteiger partial charge in [-0.25, -0.2) is 22.0 Å². The first-order valence-electron chi connectivity index (χ1n) is 12.0. The van der Waals surface area contributed by atoms with Crippen molar-refractivity contribution in [2.45, 2.75) is 49.2 Å². The lowest BCUT2D eigenvalue weighted by molar-refractivity contribution is -0.109. The molecule has 2 saturated carbocycles. The molecule has 2 aromatic rings. The van der Waals surface area contributed by atoms with Crippen LogP contribution in [-0.2, 0) is 11.2 Å². The molecule has 0 bridgehead atoms. The van der Waals surface area contributed by atoms with Crippen LogP contribution in [-0.4, -0.2) is 55.2 Å². The van der Waals surface area contributed by atoms with Gasteiger partial charge in [-0.3, -0.25) is 9.52 Å². The van der Waals surface area contributed by atoms with Gasteiger partial charge >= 0.3 is 0 Å². The molecule has 1 heterocycles. The smallest absolute Gasteiger partial charge is 0.207 e. The van der Waals surface area contributed by atoms with Crippen LogP contribution in [0.5, 0.6) is 0 Å². The van der Waals surface area contributed by atoms with Crippen molar-refractivity contribution in [1.82, 2.24) is 14.9 Å². The molecule has 2 atom stereocenters. The molecule has 2 aliphatic carbocycles. The lowest BCUT2D eigenvalue weighted by atomic mass is 9.91. The number of carbonyl (C=O) groups is 1. The van der Waals surface area contributed by atoms with Crippen molar-refractivity contribution in [3.05, 3.63) is 59.4 Å². The van der Waals surface area contributed by atoms with Gasteiger partial charge in [0.25, 0.3) is 0 Å². The first kappa shape index (κ1) is 26.9. The second-order valence-corrected chi connectivity index (χ2v) is 11.0. The van der Waals surface area contributed by atoms with Crippen LogP contribution in [0.3, 0.4) is 0 Å². The van der Waals surface area contributed by atoms with E-state index >= 15 is 4.39 Å². The standard InChI is InChI=1S/C23H24F4N2S.C3H6FNO/c1-29-13-22(5-6-22)21(28-30-23(27)7-8-23)19(29)11-14-3-2-4-18(20(14)26)15-9-16(24)12-17(25)10-15;4-1-2-5-3-6/h2-4,9-10,12,19,21,28H,5-8,11,13H2,1H3;3H,1-2H2,(H,5,6). The van der Waals surface area contributed by atoms with Crippen LogP contribution in [0.2, 0.25) is 0 Å². The number of carbonyl (C=O) groups excluding carboxylic acids is 1.